The van der Waals surface area contributed by atoms with Gasteiger partial charge in [0.1, 0.15) is 5.69 Å². The molecule has 0 atom stereocenters. The van der Waals surface area contributed by atoms with E-state index >= 15 is 0 Å². The van der Waals surface area contributed by atoms with Gasteiger partial charge in [-0.2, -0.15) is 5.10 Å². The van der Waals surface area contributed by atoms with E-state index in [1.165, 1.54) is 0 Å². The second-order valence-corrected chi connectivity index (χ2v) is 2.89. The van der Waals surface area contributed by atoms with Crippen LogP contribution >= 0.6 is 11.5 Å². The Kier molecular flexibility index (Phi) is 1.66. The van der Waals surface area contributed by atoms with E-state index in [0.717, 1.165) is 11.5 Å². The number of nitrogens with zero attached hydrogens (tertiary/aromatic N) is 1. The van der Waals surface area contributed by atoms with E-state index in [-0.39, 0.29) is 10.7 Å². The zero-order valence-electron chi connectivity index (χ0n) is 5.34. The summed E-state index contributed by atoms with van der Waals surface area (Å²) in [6.45, 7) is 3.90. The molecule has 0 aromatic carbocycles. The highest BCUT2D eigenvalue weighted by Crippen LogP contribution is 2.04. The third-order valence-electron chi connectivity index (χ3n) is 1.06. The van der Waals surface area contributed by atoms with Gasteiger partial charge in [-0.1, -0.05) is 13.8 Å². The quantitative estimate of drug-likeness (QED) is 0.638. The van der Waals surface area contributed by atoms with Crippen molar-refractivity contribution >= 4 is 11.5 Å². The second-order valence-electron chi connectivity index (χ2n) is 2.13. The summed E-state index contributed by atoms with van der Waals surface area (Å²) in [4.78, 5) is 10.8. The first-order valence-corrected chi connectivity index (χ1v) is 3.57. The molecule has 50 valence electrons. The zero-order valence-corrected chi connectivity index (χ0v) is 6.16. The summed E-state index contributed by atoms with van der Waals surface area (Å²) in [7, 11) is 0. The topological polar surface area (TPSA) is 45.8 Å². The molecule has 0 bridgehead atoms. The predicted octanol–water partition coefficient (Wildman–Crippen LogP) is 0.955. The first-order valence-electron chi connectivity index (χ1n) is 2.75. The molecule has 0 spiro atoms. The number of hydrogen-bond donors (Lipinski definition) is 1. The van der Waals surface area contributed by atoms with E-state index in [9.17, 15) is 4.79 Å². The van der Waals surface area contributed by atoms with Gasteiger partial charge in [-0.25, -0.2) is 4.49 Å². The Hall–Kier alpha value is -0.640. The van der Waals surface area contributed by atoms with E-state index in [0.29, 0.717) is 5.69 Å². The molecule has 0 radical (unpaired) electrons. The normalized spacial score (nSPS) is 10.6. The van der Waals surface area contributed by atoms with Crippen LogP contribution in [-0.4, -0.2) is 9.59 Å². The maximum absolute atomic E-state index is 10.8. The summed E-state index contributed by atoms with van der Waals surface area (Å²) < 4.78 is 2.60. The molecule has 3 nitrogen and oxygen atoms in total. The monoisotopic (exact) mass is 144 g/mol. The van der Waals surface area contributed by atoms with E-state index in [2.05, 4.69) is 9.59 Å². The molecule has 1 aromatic heterocycles. The second kappa shape index (κ2) is 2.31. The lowest BCUT2D eigenvalue weighted by molar-refractivity contribution is 0.805. The van der Waals surface area contributed by atoms with Gasteiger partial charge in [0.25, 0.3) is 4.74 Å². The van der Waals surface area contributed by atoms with Crippen molar-refractivity contribution in [2.24, 2.45) is 0 Å². The Morgan fingerprint density at radius 1 is 1.67 bits per heavy atom. The largest absolute Gasteiger partial charge is 0.274 e. The van der Waals surface area contributed by atoms with Gasteiger partial charge in [-0.05, 0) is 0 Å². The van der Waals surface area contributed by atoms with E-state index in [4.69, 9.17) is 0 Å². The van der Waals surface area contributed by atoms with Crippen LogP contribution in [-0.2, 0) is 0 Å². The van der Waals surface area contributed by atoms with Gasteiger partial charge in [-0.3, -0.25) is 4.79 Å². The molecule has 4 heteroatoms. The van der Waals surface area contributed by atoms with E-state index < -0.39 is 0 Å². The van der Waals surface area contributed by atoms with Crippen molar-refractivity contribution in [1.82, 2.24) is 9.59 Å². The van der Waals surface area contributed by atoms with Crippen LogP contribution in [0.1, 0.15) is 25.5 Å². The van der Waals surface area contributed by atoms with Gasteiger partial charge in [0.2, 0.25) is 0 Å². The highest BCUT2D eigenvalue weighted by Gasteiger charge is 2.05. The van der Waals surface area contributed by atoms with Crippen molar-refractivity contribution in [1.29, 1.82) is 0 Å². The van der Waals surface area contributed by atoms with Crippen molar-refractivity contribution in [3.8, 4) is 0 Å². The highest BCUT2D eigenvalue weighted by molar-refractivity contribution is 7.02. The molecule has 1 heterocycles. The third kappa shape index (κ3) is 1.18. The zero-order chi connectivity index (χ0) is 6.85. The first kappa shape index (κ1) is 6.48. The van der Waals surface area contributed by atoms with Crippen LogP contribution in [0.25, 0.3) is 0 Å². The number of H-pyrrole nitrogens is 1. The van der Waals surface area contributed by atoms with Gasteiger partial charge >= 0.3 is 0 Å². The molecule has 0 saturated heterocycles. The number of rotatable bonds is 1. The number of aromatic amines is 1. The molecule has 0 aliphatic rings. The number of nitrogens with one attached hydrogen (secondary N) is 1. The molecule has 0 fully saturated rings. The van der Waals surface area contributed by atoms with Crippen LogP contribution in [0.15, 0.2) is 4.79 Å². The van der Waals surface area contributed by atoms with Crippen molar-refractivity contribution < 1.29 is 0 Å². The maximum Gasteiger partial charge on any atom is 0.272 e. The summed E-state index contributed by atoms with van der Waals surface area (Å²) in [5.41, 5.74) is 0.639. The summed E-state index contributed by atoms with van der Waals surface area (Å²) in [5.74, 6) is 0.236. The molecule has 1 aromatic rings. The minimum atomic E-state index is 0.0463. The van der Waals surface area contributed by atoms with Gasteiger partial charge in [-0.15, -0.1) is 0 Å². The van der Waals surface area contributed by atoms with E-state index in [1.54, 1.807) is 0 Å². The molecule has 0 amide bonds. The summed E-state index contributed by atoms with van der Waals surface area (Å²) in [5, 5.41) is 3.80. The lowest BCUT2D eigenvalue weighted by Gasteiger charge is -1.92. The fourth-order valence-corrected chi connectivity index (χ4v) is 1.19. The van der Waals surface area contributed by atoms with Gasteiger partial charge in [0.15, 0.2) is 0 Å². The van der Waals surface area contributed by atoms with Crippen LogP contribution < -0.4 is 4.74 Å². The summed E-state index contributed by atoms with van der Waals surface area (Å²) in [6.07, 6.45) is 0. The number of hydrogen-bond acceptors (Lipinski definition) is 3. The Labute approximate surface area is 56.9 Å². The lowest BCUT2D eigenvalue weighted by atomic mass is 10.2. The molecule has 9 heavy (non-hydrogen) atoms. The molecule has 1 rings (SSSR count). The standard InChI is InChI=1S/C5H8N2OS/c1-3(2)4-5(8)9-7-6-4/h3,7H,1-2H3. The molecule has 0 aliphatic carbocycles. The summed E-state index contributed by atoms with van der Waals surface area (Å²) >= 11 is 1.04. The Morgan fingerprint density at radius 2 is 2.33 bits per heavy atom. The molecular weight excluding hydrogens is 136 g/mol. The minimum Gasteiger partial charge on any atom is -0.274 e. The van der Waals surface area contributed by atoms with Crippen LogP contribution in [0.5, 0.6) is 0 Å². The van der Waals surface area contributed by atoms with Crippen molar-refractivity contribution in [3.05, 3.63) is 15.2 Å². The fraction of sp³-hybridized carbons (Fsp3) is 0.600. The molecule has 1 N–H and O–H groups in total. The molecular formula is C5H8N2OS. The summed E-state index contributed by atoms with van der Waals surface area (Å²) in [6, 6.07) is 0. The lowest BCUT2D eigenvalue weighted by Crippen LogP contribution is -2.02. The highest BCUT2D eigenvalue weighted by atomic mass is 32.1. The van der Waals surface area contributed by atoms with Crippen molar-refractivity contribution in [2.75, 3.05) is 0 Å². The fourth-order valence-electron chi connectivity index (χ4n) is 0.576. The smallest absolute Gasteiger partial charge is 0.272 e. The van der Waals surface area contributed by atoms with Gasteiger partial charge in [0.05, 0.1) is 0 Å². The third-order valence-corrected chi connectivity index (χ3v) is 1.64. The minimum absolute atomic E-state index is 0.0463. The van der Waals surface area contributed by atoms with Crippen LogP contribution in [0, 0.1) is 0 Å². The predicted molar refractivity (Wildman–Crippen MR) is 36.8 cm³/mol. The van der Waals surface area contributed by atoms with Crippen LogP contribution in [0.4, 0.5) is 0 Å². The molecule has 0 unspecified atom stereocenters. The number of aromatic nitrogens is 2. The maximum atomic E-state index is 10.8. The van der Waals surface area contributed by atoms with E-state index in [1.807, 2.05) is 13.8 Å². The molecule has 0 saturated carbocycles. The average molecular weight is 144 g/mol. The molecule has 0 aliphatic heterocycles. The van der Waals surface area contributed by atoms with Gasteiger partial charge in [0, 0.05) is 17.5 Å². The van der Waals surface area contributed by atoms with Crippen LogP contribution in [0.2, 0.25) is 0 Å². The first-order chi connectivity index (χ1) is 4.22. The Balaban J connectivity index is 3.08. The van der Waals surface area contributed by atoms with Crippen molar-refractivity contribution in [3.63, 3.8) is 0 Å². The average Bonchev–Trinajstić information content (AvgIpc) is 2.13. The van der Waals surface area contributed by atoms with Crippen molar-refractivity contribution in [2.45, 2.75) is 19.8 Å². The Morgan fingerprint density at radius 3 is 2.56 bits per heavy atom. The van der Waals surface area contributed by atoms with Crippen LogP contribution in [0.3, 0.4) is 0 Å². The SMILES string of the molecule is CC(C)c1n[nH]sc1=O. The Bertz CT molecular complexity index is 237. The van der Waals surface area contributed by atoms with Gasteiger partial charge < -0.3 is 0 Å².